The Balaban J connectivity index is 2.43. The predicted molar refractivity (Wildman–Crippen MR) is 47.1 cm³/mol. The van der Waals surface area contributed by atoms with Gasteiger partial charge < -0.3 is 0 Å². The first-order valence-electron chi connectivity index (χ1n) is 3.82. The van der Waals surface area contributed by atoms with Gasteiger partial charge in [-0.3, -0.25) is 0 Å². The van der Waals surface area contributed by atoms with E-state index in [0.717, 1.165) is 5.56 Å². The summed E-state index contributed by atoms with van der Waals surface area (Å²) in [5, 5.41) is 7.79. The van der Waals surface area contributed by atoms with Crippen molar-refractivity contribution in [1.29, 1.82) is 0 Å². The molecular formula is C9H9N3. The first-order chi connectivity index (χ1) is 5.81. The van der Waals surface area contributed by atoms with E-state index in [2.05, 4.69) is 15.2 Å². The number of benzene rings is 1. The van der Waals surface area contributed by atoms with Crippen molar-refractivity contribution in [3.63, 3.8) is 0 Å². The van der Waals surface area contributed by atoms with E-state index in [1.165, 1.54) is 6.34 Å². The number of hydrogen-bond donors (Lipinski definition) is 0. The van der Waals surface area contributed by atoms with Crippen molar-refractivity contribution in [3.05, 3.63) is 35.9 Å². The van der Waals surface area contributed by atoms with Crippen molar-refractivity contribution >= 4 is 6.34 Å². The van der Waals surface area contributed by atoms with Crippen LogP contribution < -0.4 is 0 Å². The second kappa shape index (κ2) is 2.52. The minimum absolute atomic E-state index is 0.485. The molecule has 3 heteroatoms. The molecule has 0 fully saturated rings. The maximum atomic E-state index is 4.18. The fourth-order valence-corrected chi connectivity index (χ4v) is 1.19. The molecule has 1 aliphatic heterocycles. The lowest BCUT2D eigenvalue weighted by atomic mass is 10.0. The summed E-state index contributed by atoms with van der Waals surface area (Å²) in [6.45, 7) is 1.94. The molecule has 0 bridgehead atoms. The van der Waals surface area contributed by atoms with Gasteiger partial charge in [-0.05, 0) is 6.92 Å². The number of hydrogen-bond acceptors (Lipinski definition) is 3. The molecule has 2 rings (SSSR count). The molecule has 1 aromatic carbocycles. The Hall–Kier alpha value is -1.51. The van der Waals surface area contributed by atoms with E-state index < -0.39 is 5.66 Å². The number of nitrogens with zero attached hydrogens (tertiary/aromatic N) is 3. The van der Waals surface area contributed by atoms with Gasteiger partial charge in [0.15, 0.2) is 5.66 Å². The molecule has 1 aliphatic rings. The number of rotatable bonds is 1. The SMILES string of the molecule is CC1(c2ccccc2)N=CN=N1. The number of azo groups is 1. The van der Waals surface area contributed by atoms with E-state index in [1.807, 2.05) is 37.3 Å². The standard InChI is InChI=1S/C9H9N3/c1-9(10-7-11-12-9)8-5-3-2-4-6-8/h2-7H,1H3. The van der Waals surface area contributed by atoms with Crippen LogP contribution in [-0.4, -0.2) is 6.34 Å². The zero-order valence-corrected chi connectivity index (χ0v) is 6.81. The average molecular weight is 159 g/mol. The highest BCUT2D eigenvalue weighted by molar-refractivity contribution is 5.57. The third-order valence-electron chi connectivity index (χ3n) is 1.93. The average Bonchev–Trinajstić information content (AvgIpc) is 2.55. The van der Waals surface area contributed by atoms with Crippen molar-refractivity contribution in [3.8, 4) is 0 Å². The zero-order chi connectivity index (χ0) is 8.44. The molecule has 1 atom stereocenters. The molecule has 0 saturated carbocycles. The first-order valence-corrected chi connectivity index (χ1v) is 3.82. The molecule has 0 saturated heterocycles. The molecule has 0 aliphatic carbocycles. The highest BCUT2D eigenvalue weighted by Gasteiger charge is 2.26. The van der Waals surface area contributed by atoms with Gasteiger partial charge in [-0.15, -0.1) is 5.11 Å². The molecular weight excluding hydrogens is 150 g/mol. The van der Waals surface area contributed by atoms with Crippen LogP contribution in [0.5, 0.6) is 0 Å². The van der Waals surface area contributed by atoms with E-state index >= 15 is 0 Å². The van der Waals surface area contributed by atoms with Crippen LogP contribution in [0.25, 0.3) is 0 Å². The van der Waals surface area contributed by atoms with Gasteiger partial charge in [0.2, 0.25) is 0 Å². The molecule has 1 aromatic rings. The van der Waals surface area contributed by atoms with Crippen LogP contribution >= 0.6 is 0 Å². The summed E-state index contributed by atoms with van der Waals surface area (Å²) in [6.07, 6.45) is 1.49. The zero-order valence-electron chi connectivity index (χ0n) is 6.81. The summed E-state index contributed by atoms with van der Waals surface area (Å²) in [5.74, 6) is 0. The summed E-state index contributed by atoms with van der Waals surface area (Å²) >= 11 is 0. The van der Waals surface area contributed by atoms with Gasteiger partial charge in [0.05, 0.1) is 0 Å². The molecule has 0 aromatic heterocycles. The minimum atomic E-state index is -0.485. The van der Waals surface area contributed by atoms with Crippen LogP contribution in [0.4, 0.5) is 0 Å². The summed E-state index contributed by atoms with van der Waals surface area (Å²) in [5.41, 5.74) is 0.587. The lowest BCUT2D eigenvalue weighted by molar-refractivity contribution is 0.525. The van der Waals surface area contributed by atoms with Gasteiger partial charge in [0, 0.05) is 5.56 Å². The highest BCUT2D eigenvalue weighted by Crippen LogP contribution is 2.29. The molecule has 0 spiro atoms. The van der Waals surface area contributed by atoms with E-state index in [4.69, 9.17) is 0 Å². The summed E-state index contributed by atoms with van der Waals surface area (Å²) < 4.78 is 0. The summed E-state index contributed by atoms with van der Waals surface area (Å²) in [6, 6.07) is 9.93. The van der Waals surface area contributed by atoms with Gasteiger partial charge in [0.1, 0.15) is 6.34 Å². The van der Waals surface area contributed by atoms with Gasteiger partial charge >= 0.3 is 0 Å². The fraction of sp³-hybridized carbons (Fsp3) is 0.222. The van der Waals surface area contributed by atoms with Crippen LogP contribution in [-0.2, 0) is 5.66 Å². The Morgan fingerprint density at radius 3 is 2.50 bits per heavy atom. The Bertz CT molecular complexity index is 315. The number of aliphatic imine (C=N–C) groups is 1. The fourth-order valence-electron chi connectivity index (χ4n) is 1.19. The van der Waals surface area contributed by atoms with Crippen molar-refractivity contribution in [2.45, 2.75) is 12.6 Å². The summed E-state index contributed by atoms with van der Waals surface area (Å²) in [4.78, 5) is 4.18. The maximum Gasteiger partial charge on any atom is 0.195 e. The molecule has 0 radical (unpaired) electrons. The van der Waals surface area contributed by atoms with Crippen LogP contribution in [0.1, 0.15) is 12.5 Å². The van der Waals surface area contributed by atoms with Crippen molar-refractivity contribution in [2.75, 3.05) is 0 Å². The second-order valence-electron chi connectivity index (χ2n) is 2.85. The third-order valence-corrected chi connectivity index (χ3v) is 1.93. The normalized spacial score (nSPS) is 26.4. The highest BCUT2D eigenvalue weighted by atomic mass is 15.3. The van der Waals surface area contributed by atoms with E-state index in [9.17, 15) is 0 Å². The van der Waals surface area contributed by atoms with Crippen LogP contribution in [0.15, 0.2) is 45.6 Å². The third kappa shape index (κ3) is 1.03. The van der Waals surface area contributed by atoms with Crippen molar-refractivity contribution in [1.82, 2.24) is 0 Å². The van der Waals surface area contributed by atoms with Gasteiger partial charge in [-0.2, -0.15) is 5.11 Å². The van der Waals surface area contributed by atoms with Crippen LogP contribution in [0, 0.1) is 0 Å². The second-order valence-corrected chi connectivity index (χ2v) is 2.85. The van der Waals surface area contributed by atoms with E-state index in [0.29, 0.717) is 0 Å². The topological polar surface area (TPSA) is 37.1 Å². The van der Waals surface area contributed by atoms with E-state index in [1.54, 1.807) is 0 Å². The predicted octanol–water partition coefficient (Wildman–Crippen LogP) is 2.35. The van der Waals surface area contributed by atoms with Gasteiger partial charge in [-0.1, -0.05) is 30.3 Å². The summed E-state index contributed by atoms with van der Waals surface area (Å²) in [7, 11) is 0. The lowest BCUT2D eigenvalue weighted by Crippen LogP contribution is -2.12. The Kier molecular flexibility index (Phi) is 1.50. The molecule has 12 heavy (non-hydrogen) atoms. The maximum absolute atomic E-state index is 4.18. The molecule has 0 N–H and O–H groups in total. The quantitative estimate of drug-likeness (QED) is 0.603. The smallest absolute Gasteiger partial charge is 0.195 e. The van der Waals surface area contributed by atoms with E-state index in [-0.39, 0.29) is 0 Å². The van der Waals surface area contributed by atoms with Gasteiger partial charge in [-0.25, -0.2) is 4.99 Å². The first kappa shape index (κ1) is 7.16. The Morgan fingerprint density at radius 2 is 1.92 bits per heavy atom. The van der Waals surface area contributed by atoms with Gasteiger partial charge in [0.25, 0.3) is 0 Å². The van der Waals surface area contributed by atoms with Crippen LogP contribution in [0.2, 0.25) is 0 Å². The van der Waals surface area contributed by atoms with Crippen molar-refractivity contribution in [2.24, 2.45) is 15.2 Å². The molecule has 0 amide bonds. The molecule has 1 unspecified atom stereocenters. The Labute approximate surface area is 70.9 Å². The van der Waals surface area contributed by atoms with Crippen molar-refractivity contribution < 1.29 is 0 Å². The molecule has 60 valence electrons. The Morgan fingerprint density at radius 1 is 1.17 bits per heavy atom. The minimum Gasteiger partial charge on any atom is -0.236 e. The van der Waals surface area contributed by atoms with Crippen LogP contribution in [0.3, 0.4) is 0 Å². The monoisotopic (exact) mass is 159 g/mol. The molecule has 1 heterocycles. The molecule has 3 nitrogen and oxygen atoms in total. The largest absolute Gasteiger partial charge is 0.236 e. The lowest BCUT2D eigenvalue weighted by Gasteiger charge is -2.14.